The first-order valence-electron chi connectivity index (χ1n) is 5.92. The number of hydrogen-bond donors (Lipinski definition) is 3. The molecule has 0 aliphatic carbocycles. The normalized spacial score (nSPS) is 29.0. The van der Waals surface area contributed by atoms with Gasteiger partial charge in [-0.05, 0) is 7.05 Å². The Morgan fingerprint density at radius 1 is 1.42 bits per heavy atom. The molecule has 2 atom stereocenters. The fourth-order valence-corrected chi connectivity index (χ4v) is 3.21. The molecule has 9 heteroatoms. The molecule has 2 aliphatic heterocycles. The SMILES string of the molecule is CN1CCN(C2N=C(NC(=O)O)C(C(N)=O)S2)CC1. The Kier molecular flexibility index (Phi) is 4.27. The van der Waals surface area contributed by atoms with Crippen LogP contribution in [0.15, 0.2) is 4.99 Å². The summed E-state index contributed by atoms with van der Waals surface area (Å²) < 4.78 is 0. The summed E-state index contributed by atoms with van der Waals surface area (Å²) in [6, 6.07) is 0. The van der Waals surface area contributed by atoms with Gasteiger partial charge in [-0.2, -0.15) is 0 Å². The number of nitrogens with one attached hydrogen (secondary N) is 1. The number of hydrogen-bond acceptors (Lipinski definition) is 6. The first kappa shape index (κ1) is 14.1. The first-order chi connectivity index (χ1) is 8.97. The number of likely N-dealkylation sites (N-methyl/N-ethyl adjacent to an activating group) is 1. The molecule has 2 amide bonds. The van der Waals surface area contributed by atoms with E-state index in [4.69, 9.17) is 10.8 Å². The summed E-state index contributed by atoms with van der Waals surface area (Å²) in [6.07, 6.45) is -1.23. The summed E-state index contributed by atoms with van der Waals surface area (Å²) in [5, 5.41) is 10.2. The van der Waals surface area contributed by atoms with Crippen molar-refractivity contribution < 1.29 is 14.7 Å². The number of amides is 2. The van der Waals surface area contributed by atoms with Crippen molar-refractivity contribution in [3.05, 3.63) is 0 Å². The van der Waals surface area contributed by atoms with Crippen LogP contribution in [-0.4, -0.2) is 76.7 Å². The van der Waals surface area contributed by atoms with E-state index < -0.39 is 17.3 Å². The topological polar surface area (TPSA) is 111 Å². The van der Waals surface area contributed by atoms with Gasteiger partial charge in [-0.15, -0.1) is 0 Å². The number of thioether (sulfide) groups is 1. The highest BCUT2D eigenvalue weighted by molar-refractivity contribution is 8.02. The highest BCUT2D eigenvalue weighted by Gasteiger charge is 2.37. The van der Waals surface area contributed by atoms with Crippen LogP contribution < -0.4 is 11.1 Å². The molecule has 2 aliphatic rings. The van der Waals surface area contributed by atoms with Crippen molar-refractivity contribution in [3.63, 3.8) is 0 Å². The fourth-order valence-electron chi connectivity index (χ4n) is 2.02. The third-order valence-electron chi connectivity index (χ3n) is 3.10. The third-order valence-corrected chi connectivity index (χ3v) is 4.47. The maximum atomic E-state index is 11.3. The van der Waals surface area contributed by atoms with Gasteiger partial charge in [0.15, 0.2) is 5.50 Å². The minimum Gasteiger partial charge on any atom is -0.465 e. The van der Waals surface area contributed by atoms with Crippen molar-refractivity contribution in [2.24, 2.45) is 10.7 Å². The standard InChI is InChI=1S/C10H17N5O3S/c1-14-2-4-15(5-3-14)9-12-8(13-10(17)18)6(19-9)7(11)16/h6,9H,2-5H2,1H3,(H2,11,16)(H,12,13)(H,17,18). The van der Waals surface area contributed by atoms with Gasteiger partial charge < -0.3 is 15.7 Å². The van der Waals surface area contributed by atoms with Crippen LogP contribution in [0, 0.1) is 0 Å². The van der Waals surface area contributed by atoms with Crippen molar-refractivity contribution in [1.29, 1.82) is 0 Å². The van der Waals surface area contributed by atoms with Crippen LogP contribution in [0.25, 0.3) is 0 Å². The van der Waals surface area contributed by atoms with Gasteiger partial charge in [0.1, 0.15) is 11.1 Å². The van der Waals surface area contributed by atoms with E-state index >= 15 is 0 Å². The molecule has 0 aromatic carbocycles. The highest BCUT2D eigenvalue weighted by Crippen LogP contribution is 2.30. The number of piperazine rings is 1. The maximum absolute atomic E-state index is 11.3. The summed E-state index contributed by atoms with van der Waals surface area (Å²) >= 11 is 1.28. The number of primary amides is 1. The smallest absolute Gasteiger partial charge is 0.410 e. The zero-order valence-electron chi connectivity index (χ0n) is 10.6. The van der Waals surface area contributed by atoms with Gasteiger partial charge in [0.05, 0.1) is 0 Å². The Morgan fingerprint density at radius 3 is 2.58 bits per heavy atom. The van der Waals surface area contributed by atoms with Crippen LogP contribution in [0.1, 0.15) is 0 Å². The average molecular weight is 287 g/mol. The number of carboxylic acid groups (broad SMARTS) is 1. The Bertz CT molecular complexity index is 408. The van der Waals surface area contributed by atoms with E-state index in [2.05, 4.69) is 20.1 Å². The summed E-state index contributed by atoms with van der Waals surface area (Å²) in [7, 11) is 2.05. The van der Waals surface area contributed by atoms with E-state index in [0.717, 1.165) is 26.2 Å². The Balaban J connectivity index is 2.05. The van der Waals surface area contributed by atoms with Crippen molar-refractivity contribution in [2.75, 3.05) is 33.2 Å². The molecule has 2 heterocycles. The summed E-state index contributed by atoms with van der Waals surface area (Å²) in [5.74, 6) is -0.442. The highest BCUT2D eigenvalue weighted by atomic mass is 32.2. The third kappa shape index (κ3) is 3.37. The van der Waals surface area contributed by atoms with Gasteiger partial charge in [-0.3, -0.25) is 15.0 Å². The van der Waals surface area contributed by atoms with E-state index in [9.17, 15) is 9.59 Å². The molecule has 0 saturated carbocycles. The number of rotatable bonds is 2. The van der Waals surface area contributed by atoms with E-state index in [1.165, 1.54) is 11.8 Å². The molecule has 4 N–H and O–H groups in total. The Hall–Kier alpha value is -1.32. The fraction of sp³-hybridized carbons (Fsp3) is 0.700. The second-order valence-electron chi connectivity index (χ2n) is 4.53. The molecule has 2 rings (SSSR count). The lowest BCUT2D eigenvalue weighted by Crippen LogP contribution is -2.47. The molecule has 1 fully saturated rings. The van der Waals surface area contributed by atoms with Crippen LogP contribution in [0.3, 0.4) is 0 Å². The Morgan fingerprint density at radius 2 is 2.05 bits per heavy atom. The van der Waals surface area contributed by atoms with E-state index in [1.54, 1.807) is 0 Å². The first-order valence-corrected chi connectivity index (χ1v) is 6.86. The summed E-state index contributed by atoms with van der Waals surface area (Å²) in [6.45, 7) is 3.53. The molecule has 0 bridgehead atoms. The minimum atomic E-state index is -1.23. The lowest BCUT2D eigenvalue weighted by atomic mass is 10.3. The van der Waals surface area contributed by atoms with Crippen LogP contribution in [0.2, 0.25) is 0 Å². The maximum Gasteiger partial charge on any atom is 0.410 e. The summed E-state index contributed by atoms with van der Waals surface area (Å²) in [4.78, 5) is 30.6. The number of nitrogens with two attached hydrogens (primary N) is 1. The molecular weight excluding hydrogens is 270 g/mol. The second kappa shape index (κ2) is 5.76. The number of carbonyl (C=O) groups is 2. The minimum absolute atomic E-state index is 0.133. The van der Waals surface area contributed by atoms with Gasteiger partial charge in [0.2, 0.25) is 5.91 Å². The molecule has 0 aromatic heterocycles. The molecule has 1 saturated heterocycles. The zero-order valence-corrected chi connectivity index (χ0v) is 11.4. The molecule has 2 unspecified atom stereocenters. The number of nitrogens with zero attached hydrogens (tertiary/aromatic N) is 3. The predicted octanol–water partition coefficient (Wildman–Crippen LogP) is -1.22. The average Bonchev–Trinajstić information content (AvgIpc) is 2.73. The molecule has 0 spiro atoms. The molecule has 0 radical (unpaired) electrons. The Labute approximate surface area is 115 Å². The molecule has 8 nitrogen and oxygen atoms in total. The van der Waals surface area contributed by atoms with Gasteiger partial charge >= 0.3 is 6.09 Å². The van der Waals surface area contributed by atoms with Crippen molar-refractivity contribution in [1.82, 2.24) is 15.1 Å². The molecular formula is C10H17N5O3S. The molecule has 19 heavy (non-hydrogen) atoms. The van der Waals surface area contributed by atoms with Gasteiger partial charge in [0, 0.05) is 26.2 Å². The predicted molar refractivity (Wildman–Crippen MR) is 72.0 cm³/mol. The van der Waals surface area contributed by atoms with Gasteiger partial charge in [0.25, 0.3) is 0 Å². The molecule has 106 valence electrons. The number of aliphatic imine (C=N–C) groups is 1. The lowest BCUT2D eigenvalue weighted by molar-refractivity contribution is -0.116. The monoisotopic (exact) mass is 287 g/mol. The summed E-state index contributed by atoms with van der Waals surface area (Å²) in [5.41, 5.74) is 5.03. The largest absolute Gasteiger partial charge is 0.465 e. The number of carbonyl (C=O) groups excluding carboxylic acids is 1. The molecule has 0 aromatic rings. The van der Waals surface area contributed by atoms with Gasteiger partial charge in [-0.1, -0.05) is 11.8 Å². The van der Waals surface area contributed by atoms with Crippen molar-refractivity contribution in [3.8, 4) is 0 Å². The van der Waals surface area contributed by atoms with Crippen molar-refractivity contribution >= 4 is 29.6 Å². The van der Waals surface area contributed by atoms with E-state index in [0.29, 0.717) is 0 Å². The lowest BCUT2D eigenvalue weighted by Gasteiger charge is -2.34. The zero-order chi connectivity index (χ0) is 14.0. The van der Waals surface area contributed by atoms with Crippen molar-refractivity contribution in [2.45, 2.75) is 10.7 Å². The van der Waals surface area contributed by atoms with Gasteiger partial charge in [-0.25, -0.2) is 9.79 Å². The van der Waals surface area contributed by atoms with Crippen LogP contribution in [-0.2, 0) is 4.79 Å². The van der Waals surface area contributed by atoms with E-state index in [1.807, 2.05) is 7.05 Å². The quantitative estimate of drug-likeness (QED) is 0.587. The van der Waals surface area contributed by atoms with E-state index in [-0.39, 0.29) is 11.3 Å². The second-order valence-corrected chi connectivity index (χ2v) is 5.69. The van der Waals surface area contributed by atoms with Crippen LogP contribution >= 0.6 is 11.8 Å². The number of amidine groups is 1. The van der Waals surface area contributed by atoms with Crippen LogP contribution in [0.5, 0.6) is 0 Å². The van der Waals surface area contributed by atoms with Crippen LogP contribution in [0.4, 0.5) is 4.79 Å².